The second-order valence-corrected chi connectivity index (χ2v) is 5.86. The van der Waals surface area contributed by atoms with E-state index in [1.54, 1.807) is 0 Å². The molecule has 100 valence electrons. The molecule has 1 aromatic heterocycles. The monoisotopic (exact) mass is 266 g/mol. The highest BCUT2D eigenvalue weighted by atomic mass is 32.2. The molecule has 0 aromatic carbocycles. The Labute approximate surface area is 113 Å². The van der Waals surface area contributed by atoms with Crippen LogP contribution in [-0.4, -0.2) is 34.1 Å². The van der Waals surface area contributed by atoms with Crippen LogP contribution in [0.25, 0.3) is 0 Å². The summed E-state index contributed by atoms with van der Waals surface area (Å²) in [6.07, 6.45) is 5.52. The molecule has 0 saturated carbocycles. The molecule has 0 amide bonds. The molecule has 1 fully saturated rings. The first-order valence-electron chi connectivity index (χ1n) is 6.71. The Kier molecular flexibility index (Phi) is 5.11. The highest BCUT2D eigenvalue weighted by Crippen LogP contribution is 2.22. The summed E-state index contributed by atoms with van der Waals surface area (Å²) < 4.78 is 0. The molecule has 2 heterocycles. The molecule has 0 spiro atoms. The Hall–Kier alpha value is -0.970. The molecule has 0 radical (unpaired) electrons. The van der Waals surface area contributed by atoms with Gasteiger partial charge in [0.05, 0.1) is 0 Å². The first kappa shape index (κ1) is 13.5. The van der Waals surface area contributed by atoms with E-state index in [0.29, 0.717) is 6.04 Å². The second-order valence-electron chi connectivity index (χ2n) is 4.71. The Bertz CT molecular complexity index is 377. The summed E-state index contributed by atoms with van der Waals surface area (Å²) in [6, 6.07) is 0.552. The van der Waals surface area contributed by atoms with Crippen LogP contribution in [0.3, 0.4) is 0 Å². The van der Waals surface area contributed by atoms with Crippen molar-refractivity contribution in [2.24, 2.45) is 0 Å². The van der Waals surface area contributed by atoms with Gasteiger partial charge in [-0.25, -0.2) is 4.98 Å². The minimum atomic E-state index is 0.552. The third-order valence-electron chi connectivity index (χ3n) is 3.01. The summed E-state index contributed by atoms with van der Waals surface area (Å²) in [7, 11) is 0. The molecule has 1 aromatic rings. The van der Waals surface area contributed by atoms with Gasteiger partial charge in [0.1, 0.15) is 5.82 Å². The zero-order valence-corrected chi connectivity index (χ0v) is 12.0. The summed E-state index contributed by atoms with van der Waals surface area (Å²) in [5.41, 5.74) is 1.12. The molecule has 1 aliphatic heterocycles. The SMILES string of the molecule is CCCNc1ncc(C)c(NC2CCCSC2)n1. The van der Waals surface area contributed by atoms with Crippen molar-refractivity contribution in [3.8, 4) is 0 Å². The van der Waals surface area contributed by atoms with Crippen molar-refractivity contribution in [3.05, 3.63) is 11.8 Å². The smallest absolute Gasteiger partial charge is 0.224 e. The van der Waals surface area contributed by atoms with E-state index in [0.717, 1.165) is 30.3 Å². The average Bonchev–Trinajstić information content (AvgIpc) is 2.41. The number of aromatic nitrogens is 2. The summed E-state index contributed by atoms with van der Waals surface area (Å²) in [5.74, 6) is 4.19. The first-order valence-corrected chi connectivity index (χ1v) is 7.87. The van der Waals surface area contributed by atoms with Crippen LogP contribution in [0.2, 0.25) is 0 Å². The quantitative estimate of drug-likeness (QED) is 0.858. The van der Waals surface area contributed by atoms with Gasteiger partial charge < -0.3 is 10.6 Å². The average molecular weight is 266 g/mol. The largest absolute Gasteiger partial charge is 0.366 e. The standard InChI is InChI=1S/C13H22N4S/c1-3-6-14-13-15-8-10(2)12(17-13)16-11-5-4-7-18-9-11/h8,11H,3-7,9H2,1-2H3,(H2,14,15,16,17). The topological polar surface area (TPSA) is 49.8 Å². The van der Waals surface area contributed by atoms with Gasteiger partial charge in [-0.05, 0) is 31.9 Å². The van der Waals surface area contributed by atoms with Crippen molar-refractivity contribution in [1.82, 2.24) is 9.97 Å². The number of anilines is 2. The molecule has 2 N–H and O–H groups in total. The zero-order chi connectivity index (χ0) is 12.8. The van der Waals surface area contributed by atoms with E-state index in [2.05, 4.69) is 34.4 Å². The van der Waals surface area contributed by atoms with Crippen LogP contribution in [-0.2, 0) is 0 Å². The van der Waals surface area contributed by atoms with Gasteiger partial charge in [-0.2, -0.15) is 16.7 Å². The van der Waals surface area contributed by atoms with Gasteiger partial charge in [0.25, 0.3) is 0 Å². The minimum Gasteiger partial charge on any atom is -0.366 e. The lowest BCUT2D eigenvalue weighted by Gasteiger charge is -2.23. The molecular formula is C13H22N4S. The summed E-state index contributed by atoms with van der Waals surface area (Å²) >= 11 is 2.02. The summed E-state index contributed by atoms with van der Waals surface area (Å²) in [6.45, 7) is 5.11. The molecule has 1 unspecified atom stereocenters. The number of aryl methyl sites for hydroxylation is 1. The predicted molar refractivity (Wildman–Crippen MR) is 79.5 cm³/mol. The van der Waals surface area contributed by atoms with Crippen LogP contribution in [0.4, 0.5) is 11.8 Å². The maximum absolute atomic E-state index is 4.56. The number of nitrogens with one attached hydrogen (secondary N) is 2. The molecule has 5 heteroatoms. The van der Waals surface area contributed by atoms with Gasteiger partial charge in [-0.3, -0.25) is 0 Å². The number of nitrogens with zero attached hydrogens (tertiary/aromatic N) is 2. The molecule has 18 heavy (non-hydrogen) atoms. The van der Waals surface area contributed by atoms with Crippen molar-refractivity contribution in [3.63, 3.8) is 0 Å². The second kappa shape index (κ2) is 6.83. The van der Waals surface area contributed by atoms with Crippen LogP contribution in [0.15, 0.2) is 6.20 Å². The molecule has 4 nitrogen and oxygen atoms in total. The summed E-state index contributed by atoms with van der Waals surface area (Å²) in [4.78, 5) is 8.86. The third kappa shape index (κ3) is 3.77. The maximum Gasteiger partial charge on any atom is 0.224 e. The van der Waals surface area contributed by atoms with Crippen LogP contribution >= 0.6 is 11.8 Å². The third-order valence-corrected chi connectivity index (χ3v) is 4.22. The highest BCUT2D eigenvalue weighted by Gasteiger charge is 2.15. The Morgan fingerprint density at radius 1 is 1.50 bits per heavy atom. The Morgan fingerprint density at radius 2 is 2.39 bits per heavy atom. The first-order chi connectivity index (χ1) is 8.79. The lowest BCUT2D eigenvalue weighted by atomic mass is 10.2. The van der Waals surface area contributed by atoms with Crippen LogP contribution < -0.4 is 10.6 Å². The van der Waals surface area contributed by atoms with E-state index in [1.165, 1.54) is 24.3 Å². The highest BCUT2D eigenvalue weighted by molar-refractivity contribution is 7.99. The van der Waals surface area contributed by atoms with E-state index < -0.39 is 0 Å². The Morgan fingerprint density at radius 3 is 3.11 bits per heavy atom. The zero-order valence-electron chi connectivity index (χ0n) is 11.2. The summed E-state index contributed by atoms with van der Waals surface area (Å²) in [5, 5.41) is 6.79. The van der Waals surface area contributed by atoms with Crippen LogP contribution in [0.1, 0.15) is 31.7 Å². The molecule has 1 saturated heterocycles. The van der Waals surface area contributed by atoms with Crippen molar-refractivity contribution in [2.75, 3.05) is 28.7 Å². The van der Waals surface area contributed by atoms with Crippen molar-refractivity contribution in [1.29, 1.82) is 0 Å². The number of hydrogen-bond donors (Lipinski definition) is 2. The van der Waals surface area contributed by atoms with Gasteiger partial charge in [0, 0.05) is 30.1 Å². The maximum atomic E-state index is 4.56. The number of thioether (sulfide) groups is 1. The van der Waals surface area contributed by atoms with Gasteiger partial charge >= 0.3 is 0 Å². The number of hydrogen-bond acceptors (Lipinski definition) is 5. The van der Waals surface area contributed by atoms with E-state index in [-0.39, 0.29) is 0 Å². The van der Waals surface area contributed by atoms with Crippen molar-refractivity contribution >= 4 is 23.5 Å². The van der Waals surface area contributed by atoms with Crippen molar-refractivity contribution < 1.29 is 0 Å². The molecule has 0 bridgehead atoms. The predicted octanol–water partition coefficient (Wildman–Crippen LogP) is 2.91. The van der Waals surface area contributed by atoms with Crippen LogP contribution in [0.5, 0.6) is 0 Å². The molecule has 1 aliphatic rings. The van der Waals surface area contributed by atoms with Gasteiger partial charge in [-0.15, -0.1) is 0 Å². The number of rotatable bonds is 5. The lowest BCUT2D eigenvalue weighted by Crippen LogP contribution is -2.26. The fourth-order valence-electron chi connectivity index (χ4n) is 1.96. The fraction of sp³-hybridized carbons (Fsp3) is 0.692. The van der Waals surface area contributed by atoms with Crippen LogP contribution in [0, 0.1) is 6.92 Å². The molecule has 2 rings (SSSR count). The van der Waals surface area contributed by atoms with E-state index >= 15 is 0 Å². The van der Waals surface area contributed by atoms with E-state index in [4.69, 9.17) is 0 Å². The molecule has 1 atom stereocenters. The fourth-order valence-corrected chi connectivity index (χ4v) is 3.03. The van der Waals surface area contributed by atoms with Gasteiger partial charge in [0.15, 0.2) is 0 Å². The minimum absolute atomic E-state index is 0.552. The van der Waals surface area contributed by atoms with Gasteiger partial charge in [-0.1, -0.05) is 6.92 Å². The lowest BCUT2D eigenvalue weighted by molar-refractivity contribution is 0.681. The molecule has 0 aliphatic carbocycles. The van der Waals surface area contributed by atoms with Gasteiger partial charge in [0.2, 0.25) is 5.95 Å². The van der Waals surface area contributed by atoms with E-state index in [9.17, 15) is 0 Å². The van der Waals surface area contributed by atoms with E-state index in [1.807, 2.05) is 18.0 Å². The molecular weight excluding hydrogens is 244 g/mol. The van der Waals surface area contributed by atoms with Crippen molar-refractivity contribution in [2.45, 2.75) is 39.2 Å². The normalized spacial score (nSPS) is 19.6. The Balaban J connectivity index is 2.00.